The molecule has 0 aromatic heterocycles. The molecule has 0 saturated heterocycles. The maximum atomic E-state index is 5.35. The summed E-state index contributed by atoms with van der Waals surface area (Å²) in [5.74, 6) is 0. The molecule has 2 N–H and O–H groups in total. The Kier molecular flexibility index (Phi) is 10.6. The Morgan fingerprint density at radius 1 is 1.35 bits per heavy atom. The minimum atomic E-state index is 0.447. The molecule has 0 aliphatic heterocycles. The first-order valence-corrected chi connectivity index (χ1v) is 5.93. The van der Waals surface area contributed by atoms with E-state index in [0.29, 0.717) is 13.2 Å². The lowest BCUT2D eigenvalue weighted by Crippen LogP contribution is -2.08. The number of allylic oxidation sites excluding steroid dienone is 3. The van der Waals surface area contributed by atoms with Crippen LogP contribution in [0.15, 0.2) is 29.5 Å². The first-order chi connectivity index (χ1) is 8.26. The van der Waals surface area contributed by atoms with Gasteiger partial charge in [-0.25, -0.2) is 0 Å². The van der Waals surface area contributed by atoms with Crippen molar-refractivity contribution in [2.75, 3.05) is 26.9 Å². The van der Waals surface area contributed by atoms with E-state index in [1.165, 1.54) is 0 Å². The van der Waals surface area contributed by atoms with Gasteiger partial charge in [-0.2, -0.15) is 0 Å². The zero-order valence-electron chi connectivity index (χ0n) is 10.9. The highest BCUT2D eigenvalue weighted by Gasteiger charge is 2.03. The predicted molar refractivity (Wildman–Crippen MR) is 72.1 cm³/mol. The molecule has 0 rings (SSSR count). The largest absolute Gasteiger partial charge is 0.394 e. The summed E-state index contributed by atoms with van der Waals surface area (Å²) in [6.45, 7) is 7.38. The van der Waals surface area contributed by atoms with Crippen molar-refractivity contribution in [1.82, 2.24) is 0 Å². The number of nitrogens with two attached hydrogens (primary N) is 1. The molecule has 0 aromatic carbocycles. The van der Waals surface area contributed by atoms with Gasteiger partial charge in [0.05, 0.1) is 5.71 Å². The number of hydrogen-bond acceptors (Lipinski definition) is 4. The number of nitrogens with zero attached hydrogens (tertiary/aromatic N) is 1. The quantitative estimate of drug-likeness (QED) is 0.276. The maximum absolute atomic E-state index is 5.35. The molecule has 4 heteroatoms. The summed E-state index contributed by atoms with van der Waals surface area (Å²) in [6, 6.07) is 0. The van der Waals surface area contributed by atoms with E-state index in [1.54, 1.807) is 13.2 Å². The zero-order valence-corrected chi connectivity index (χ0v) is 10.9. The summed E-state index contributed by atoms with van der Waals surface area (Å²) < 4.78 is 5.01. The molecule has 0 spiro atoms. The molecule has 0 fully saturated rings. The predicted octanol–water partition coefficient (Wildman–Crippen LogP) is 2.27. The van der Waals surface area contributed by atoms with Crippen LogP contribution in [0.5, 0.6) is 0 Å². The fourth-order valence-corrected chi connectivity index (χ4v) is 1.30. The average molecular weight is 240 g/mol. The van der Waals surface area contributed by atoms with Crippen LogP contribution in [0, 0.1) is 0 Å². The van der Waals surface area contributed by atoms with Gasteiger partial charge in [-0.05, 0) is 31.8 Å². The lowest BCUT2D eigenvalue weighted by molar-refractivity contribution is 0.151. The number of ether oxygens (including phenoxy) is 1. The van der Waals surface area contributed by atoms with Gasteiger partial charge >= 0.3 is 0 Å². The Balaban J connectivity index is 4.24. The van der Waals surface area contributed by atoms with Crippen molar-refractivity contribution >= 4 is 5.71 Å². The molecule has 0 radical (unpaired) electrons. The normalized spacial score (nSPS) is 12.6. The minimum Gasteiger partial charge on any atom is -0.394 e. The standard InChI is InChI=1S/C13H24N2O2/c1-4-7-12(2)13(15-17-11-9-14)8-5-6-10-16-3/h4,7H,1,5-6,8-11,14H2,2-3H3. The zero-order chi connectivity index (χ0) is 12.9. The number of oxime groups is 1. The summed E-state index contributed by atoms with van der Waals surface area (Å²) >= 11 is 0. The molecule has 0 aliphatic rings. The van der Waals surface area contributed by atoms with Crippen LogP contribution in [0.3, 0.4) is 0 Å². The third kappa shape index (κ3) is 8.65. The highest BCUT2D eigenvalue weighted by molar-refractivity contribution is 5.99. The Bertz CT molecular complexity index is 260. The Morgan fingerprint density at radius 3 is 2.71 bits per heavy atom. The molecule has 4 nitrogen and oxygen atoms in total. The summed E-state index contributed by atoms with van der Waals surface area (Å²) in [5.41, 5.74) is 7.38. The third-order valence-electron chi connectivity index (χ3n) is 2.22. The third-order valence-corrected chi connectivity index (χ3v) is 2.22. The molecule has 0 saturated carbocycles. The molecule has 0 atom stereocenters. The van der Waals surface area contributed by atoms with Crippen molar-refractivity contribution in [3.05, 3.63) is 24.3 Å². The van der Waals surface area contributed by atoms with E-state index in [9.17, 15) is 0 Å². The molecule has 0 aliphatic carbocycles. The van der Waals surface area contributed by atoms with Crippen molar-refractivity contribution in [2.45, 2.75) is 26.2 Å². The van der Waals surface area contributed by atoms with Crippen LogP contribution in [-0.4, -0.2) is 32.6 Å². The second-order valence-electron chi connectivity index (χ2n) is 3.70. The molecule has 0 amide bonds. The van der Waals surface area contributed by atoms with E-state index in [0.717, 1.165) is 37.2 Å². The molecule has 98 valence electrons. The number of rotatable bonds is 10. The van der Waals surface area contributed by atoms with Crippen LogP contribution >= 0.6 is 0 Å². The van der Waals surface area contributed by atoms with E-state index in [1.807, 2.05) is 13.0 Å². The Labute approximate surface area is 104 Å². The van der Waals surface area contributed by atoms with Gasteiger partial charge in [-0.3, -0.25) is 0 Å². The topological polar surface area (TPSA) is 56.8 Å². The molecule has 17 heavy (non-hydrogen) atoms. The fourth-order valence-electron chi connectivity index (χ4n) is 1.30. The van der Waals surface area contributed by atoms with Gasteiger partial charge in [0.25, 0.3) is 0 Å². The van der Waals surface area contributed by atoms with Gasteiger partial charge < -0.3 is 15.3 Å². The van der Waals surface area contributed by atoms with Crippen LogP contribution < -0.4 is 5.73 Å². The van der Waals surface area contributed by atoms with E-state index < -0.39 is 0 Å². The SMILES string of the molecule is C=CC=C(C)C(CCCCOC)=NOCCN. The van der Waals surface area contributed by atoms with E-state index in [-0.39, 0.29) is 0 Å². The van der Waals surface area contributed by atoms with E-state index in [2.05, 4.69) is 11.7 Å². The smallest absolute Gasteiger partial charge is 0.129 e. The van der Waals surface area contributed by atoms with Gasteiger partial charge in [0.1, 0.15) is 6.61 Å². The second kappa shape index (κ2) is 11.4. The van der Waals surface area contributed by atoms with Crippen LogP contribution in [-0.2, 0) is 9.57 Å². The van der Waals surface area contributed by atoms with Crippen LogP contribution in [0.2, 0.25) is 0 Å². The summed E-state index contributed by atoms with van der Waals surface area (Å²) in [7, 11) is 1.71. The minimum absolute atomic E-state index is 0.447. The summed E-state index contributed by atoms with van der Waals surface area (Å²) in [6.07, 6.45) is 6.61. The van der Waals surface area contributed by atoms with Crippen LogP contribution in [0.1, 0.15) is 26.2 Å². The highest BCUT2D eigenvalue weighted by Crippen LogP contribution is 2.07. The molecule has 0 unspecified atom stereocenters. The lowest BCUT2D eigenvalue weighted by atomic mass is 10.1. The number of hydrogen-bond donors (Lipinski definition) is 1. The molecule has 0 aromatic rings. The molecule has 0 bridgehead atoms. The van der Waals surface area contributed by atoms with Crippen molar-refractivity contribution in [3.8, 4) is 0 Å². The monoisotopic (exact) mass is 240 g/mol. The second-order valence-corrected chi connectivity index (χ2v) is 3.70. The van der Waals surface area contributed by atoms with Crippen LogP contribution in [0.4, 0.5) is 0 Å². The molecule has 0 heterocycles. The Morgan fingerprint density at radius 2 is 2.12 bits per heavy atom. The molecular weight excluding hydrogens is 216 g/mol. The first kappa shape index (κ1) is 15.9. The van der Waals surface area contributed by atoms with Gasteiger partial charge in [0, 0.05) is 20.3 Å². The fraction of sp³-hybridized carbons (Fsp3) is 0.615. The van der Waals surface area contributed by atoms with Gasteiger partial charge in [-0.15, -0.1) is 0 Å². The van der Waals surface area contributed by atoms with Crippen molar-refractivity contribution in [1.29, 1.82) is 0 Å². The van der Waals surface area contributed by atoms with Crippen molar-refractivity contribution in [3.63, 3.8) is 0 Å². The van der Waals surface area contributed by atoms with E-state index in [4.69, 9.17) is 15.3 Å². The maximum Gasteiger partial charge on any atom is 0.129 e. The Hall–Kier alpha value is -1.13. The van der Waals surface area contributed by atoms with Crippen LogP contribution in [0.25, 0.3) is 0 Å². The number of unbranched alkanes of at least 4 members (excludes halogenated alkanes) is 1. The molecular formula is C13H24N2O2. The highest BCUT2D eigenvalue weighted by atomic mass is 16.6. The van der Waals surface area contributed by atoms with Gasteiger partial charge in [0.2, 0.25) is 0 Å². The summed E-state index contributed by atoms with van der Waals surface area (Å²) in [4.78, 5) is 5.13. The van der Waals surface area contributed by atoms with E-state index >= 15 is 0 Å². The van der Waals surface area contributed by atoms with Crippen molar-refractivity contribution < 1.29 is 9.57 Å². The van der Waals surface area contributed by atoms with Gasteiger partial charge in [0.15, 0.2) is 0 Å². The van der Waals surface area contributed by atoms with Crippen molar-refractivity contribution in [2.24, 2.45) is 10.9 Å². The summed E-state index contributed by atoms with van der Waals surface area (Å²) in [5, 5.41) is 4.11. The number of methoxy groups -OCH3 is 1. The van der Waals surface area contributed by atoms with Gasteiger partial charge in [-0.1, -0.05) is 23.9 Å². The first-order valence-electron chi connectivity index (χ1n) is 5.93. The average Bonchev–Trinajstić information content (AvgIpc) is 2.32. The lowest BCUT2D eigenvalue weighted by Gasteiger charge is -2.06.